The van der Waals surface area contributed by atoms with Gasteiger partial charge >= 0.3 is 12.1 Å². The number of alkyl halides is 3. The molecule has 20 heavy (non-hydrogen) atoms. The van der Waals surface area contributed by atoms with E-state index >= 15 is 0 Å². The molecule has 0 aliphatic rings. The summed E-state index contributed by atoms with van der Waals surface area (Å²) < 4.78 is 44.9. The average molecular weight is 295 g/mol. The van der Waals surface area contributed by atoms with Gasteiger partial charge in [0, 0.05) is 0 Å². The van der Waals surface area contributed by atoms with Gasteiger partial charge < -0.3 is 20.3 Å². The molecule has 1 amide bonds. The summed E-state index contributed by atoms with van der Waals surface area (Å²) in [5.74, 6) is -2.38. The van der Waals surface area contributed by atoms with Crippen LogP contribution < -0.4 is 11.1 Å². The second kappa shape index (κ2) is 5.80. The van der Waals surface area contributed by atoms with Gasteiger partial charge in [-0.25, -0.2) is 4.79 Å². The number of amides is 1. The van der Waals surface area contributed by atoms with Crippen molar-refractivity contribution in [2.75, 3.05) is 12.3 Å². The van der Waals surface area contributed by atoms with Gasteiger partial charge in [-0.1, -0.05) is 5.16 Å². The molecule has 0 aromatic carbocycles. The monoisotopic (exact) mass is 295 g/mol. The highest BCUT2D eigenvalue weighted by Gasteiger charge is 2.30. The van der Waals surface area contributed by atoms with Crippen LogP contribution in [0, 0.1) is 6.92 Å². The zero-order chi connectivity index (χ0) is 15.5. The average Bonchev–Trinajstić information content (AvgIpc) is 2.64. The second-order valence-electron chi connectivity index (χ2n) is 3.89. The van der Waals surface area contributed by atoms with Crippen LogP contribution in [0.1, 0.15) is 23.0 Å². The number of nitrogens with two attached hydrogens (primary N) is 1. The number of hydrogen-bond acceptors (Lipinski definition) is 6. The zero-order valence-corrected chi connectivity index (χ0v) is 10.6. The molecular formula is C10H12F3N3O4. The SMILES string of the molecule is Cc1noc(N)c1C(=O)O[C@@H](C)C(=O)NCC(F)(F)F. The zero-order valence-electron chi connectivity index (χ0n) is 10.6. The van der Waals surface area contributed by atoms with E-state index in [0.717, 1.165) is 6.92 Å². The Balaban J connectivity index is 2.60. The summed E-state index contributed by atoms with van der Waals surface area (Å²) in [6.07, 6.45) is -5.96. The van der Waals surface area contributed by atoms with E-state index in [2.05, 4.69) is 14.4 Å². The number of esters is 1. The lowest BCUT2D eigenvalue weighted by atomic mass is 10.2. The van der Waals surface area contributed by atoms with Gasteiger partial charge in [-0.15, -0.1) is 0 Å². The number of carbonyl (C=O) groups excluding carboxylic acids is 2. The molecule has 0 fully saturated rings. The van der Waals surface area contributed by atoms with Crippen molar-refractivity contribution >= 4 is 17.8 Å². The number of anilines is 1. The van der Waals surface area contributed by atoms with E-state index in [0.29, 0.717) is 0 Å². The normalized spacial score (nSPS) is 12.8. The van der Waals surface area contributed by atoms with Gasteiger partial charge in [0.1, 0.15) is 12.1 Å². The van der Waals surface area contributed by atoms with Gasteiger partial charge in [0.15, 0.2) is 6.10 Å². The maximum atomic E-state index is 11.9. The van der Waals surface area contributed by atoms with Crippen molar-refractivity contribution < 1.29 is 32.0 Å². The van der Waals surface area contributed by atoms with Crippen molar-refractivity contribution in [3.8, 4) is 0 Å². The molecule has 7 nitrogen and oxygen atoms in total. The van der Waals surface area contributed by atoms with Crippen molar-refractivity contribution in [3.05, 3.63) is 11.3 Å². The molecule has 10 heteroatoms. The summed E-state index contributed by atoms with van der Waals surface area (Å²) in [5, 5.41) is 5.00. The lowest BCUT2D eigenvalue weighted by Crippen LogP contribution is -2.40. The molecular weight excluding hydrogens is 283 g/mol. The minimum Gasteiger partial charge on any atom is -0.449 e. The fourth-order valence-electron chi connectivity index (χ4n) is 1.24. The number of ether oxygens (including phenoxy) is 1. The molecule has 112 valence electrons. The molecule has 3 N–H and O–H groups in total. The first-order chi connectivity index (χ1) is 9.11. The first-order valence-corrected chi connectivity index (χ1v) is 5.39. The number of carbonyl (C=O) groups is 2. The Morgan fingerprint density at radius 3 is 2.55 bits per heavy atom. The molecule has 0 saturated carbocycles. The van der Waals surface area contributed by atoms with Crippen LogP contribution in [0.25, 0.3) is 0 Å². The molecule has 0 spiro atoms. The first-order valence-electron chi connectivity index (χ1n) is 5.39. The van der Waals surface area contributed by atoms with E-state index in [-0.39, 0.29) is 17.1 Å². The van der Waals surface area contributed by atoms with Gasteiger partial charge in [-0.3, -0.25) is 4.79 Å². The third-order valence-corrected chi connectivity index (χ3v) is 2.21. The van der Waals surface area contributed by atoms with E-state index in [9.17, 15) is 22.8 Å². The maximum absolute atomic E-state index is 11.9. The van der Waals surface area contributed by atoms with Crippen LogP contribution in [-0.4, -0.2) is 35.9 Å². The summed E-state index contributed by atoms with van der Waals surface area (Å²) >= 11 is 0. The van der Waals surface area contributed by atoms with Crippen molar-refractivity contribution in [3.63, 3.8) is 0 Å². The summed E-state index contributed by atoms with van der Waals surface area (Å²) in [7, 11) is 0. The predicted molar refractivity (Wildman–Crippen MR) is 59.6 cm³/mol. The van der Waals surface area contributed by atoms with Crippen molar-refractivity contribution in [2.45, 2.75) is 26.1 Å². The maximum Gasteiger partial charge on any atom is 0.405 e. The van der Waals surface area contributed by atoms with Crippen molar-refractivity contribution in [2.24, 2.45) is 0 Å². The number of hydrogen-bond donors (Lipinski definition) is 2. The molecule has 0 aliphatic carbocycles. The molecule has 0 unspecified atom stereocenters. The largest absolute Gasteiger partial charge is 0.449 e. The van der Waals surface area contributed by atoms with Crippen LogP contribution in [-0.2, 0) is 9.53 Å². The van der Waals surface area contributed by atoms with Gasteiger partial charge in [0.05, 0.1) is 5.69 Å². The van der Waals surface area contributed by atoms with Gasteiger partial charge in [0.25, 0.3) is 5.91 Å². The Bertz CT molecular complexity index is 493. The lowest BCUT2D eigenvalue weighted by molar-refractivity contribution is -0.143. The Morgan fingerprint density at radius 1 is 1.50 bits per heavy atom. The van der Waals surface area contributed by atoms with E-state index in [1.165, 1.54) is 6.92 Å². The summed E-state index contributed by atoms with van der Waals surface area (Å²) in [4.78, 5) is 23.0. The highest BCUT2D eigenvalue weighted by molar-refractivity contribution is 5.96. The van der Waals surface area contributed by atoms with Crippen LogP contribution in [0.3, 0.4) is 0 Å². The molecule has 1 rings (SSSR count). The Labute approximate surface area is 111 Å². The van der Waals surface area contributed by atoms with E-state index < -0.39 is 30.7 Å². The van der Waals surface area contributed by atoms with E-state index in [1.807, 2.05) is 0 Å². The number of aromatic nitrogens is 1. The minimum absolute atomic E-state index is 0.149. The van der Waals surface area contributed by atoms with E-state index in [1.54, 1.807) is 5.32 Å². The quantitative estimate of drug-likeness (QED) is 0.795. The topological polar surface area (TPSA) is 107 Å². The second-order valence-corrected chi connectivity index (χ2v) is 3.89. The van der Waals surface area contributed by atoms with Gasteiger partial charge in [-0.05, 0) is 13.8 Å². The lowest BCUT2D eigenvalue weighted by Gasteiger charge is -2.14. The highest BCUT2D eigenvalue weighted by Crippen LogP contribution is 2.17. The molecule has 1 aromatic rings. The Hall–Kier alpha value is -2.26. The molecule has 0 aliphatic heterocycles. The third-order valence-electron chi connectivity index (χ3n) is 2.21. The minimum atomic E-state index is -4.55. The van der Waals surface area contributed by atoms with Crippen LogP contribution in [0.5, 0.6) is 0 Å². The van der Waals surface area contributed by atoms with Crippen molar-refractivity contribution in [1.29, 1.82) is 0 Å². The molecule has 1 aromatic heterocycles. The number of nitrogens with one attached hydrogen (secondary N) is 1. The number of nitrogens with zero attached hydrogens (tertiary/aromatic N) is 1. The summed E-state index contributed by atoms with van der Waals surface area (Å²) in [6.45, 7) is 1.04. The van der Waals surface area contributed by atoms with Crippen LogP contribution in [0.15, 0.2) is 4.52 Å². The van der Waals surface area contributed by atoms with Crippen LogP contribution >= 0.6 is 0 Å². The fraction of sp³-hybridized carbons (Fsp3) is 0.500. The van der Waals surface area contributed by atoms with Gasteiger partial charge in [0.2, 0.25) is 5.88 Å². The molecule has 0 radical (unpaired) electrons. The van der Waals surface area contributed by atoms with E-state index in [4.69, 9.17) is 5.73 Å². The summed E-state index contributed by atoms with van der Waals surface area (Å²) in [6, 6.07) is 0. The predicted octanol–water partition coefficient (Wildman–Crippen LogP) is 0.789. The molecule has 1 heterocycles. The van der Waals surface area contributed by atoms with Crippen LogP contribution in [0.4, 0.5) is 19.1 Å². The van der Waals surface area contributed by atoms with Gasteiger partial charge in [-0.2, -0.15) is 13.2 Å². The standard InChI is InChI=1S/C10H12F3N3O4/c1-4-6(7(14)20-16-4)9(18)19-5(2)8(17)15-3-10(11,12)13/h5H,3,14H2,1-2H3,(H,15,17)/t5-/m0/s1. The number of nitrogen functional groups attached to an aromatic ring is 1. The highest BCUT2D eigenvalue weighted by atomic mass is 19.4. The number of aryl methyl sites for hydroxylation is 1. The molecule has 0 saturated heterocycles. The molecule has 0 bridgehead atoms. The van der Waals surface area contributed by atoms with Crippen LogP contribution in [0.2, 0.25) is 0 Å². The third kappa shape index (κ3) is 4.14. The Kier molecular flexibility index (Phi) is 4.58. The Morgan fingerprint density at radius 2 is 2.10 bits per heavy atom. The van der Waals surface area contributed by atoms with Crippen molar-refractivity contribution in [1.82, 2.24) is 10.5 Å². The first kappa shape index (κ1) is 15.8. The summed E-state index contributed by atoms with van der Waals surface area (Å²) in [5.41, 5.74) is 5.31. The number of rotatable bonds is 4. The fourth-order valence-corrected chi connectivity index (χ4v) is 1.24. The smallest absolute Gasteiger partial charge is 0.405 e. The molecule has 1 atom stereocenters. The number of halogens is 3.